The lowest BCUT2D eigenvalue weighted by Gasteiger charge is -2.24. The van der Waals surface area contributed by atoms with E-state index in [2.05, 4.69) is 63.0 Å². The number of hydrogen-bond acceptors (Lipinski definition) is 3. The maximum Gasteiger partial charge on any atom is 0.127 e. The van der Waals surface area contributed by atoms with E-state index in [1.807, 2.05) is 0 Å². The molecule has 3 heteroatoms. The Morgan fingerprint density at radius 2 is 2.00 bits per heavy atom. The summed E-state index contributed by atoms with van der Waals surface area (Å²) in [6.45, 7) is 15.2. The van der Waals surface area contributed by atoms with Crippen molar-refractivity contribution in [2.24, 2.45) is 0 Å². The number of ether oxygens (including phenoxy) is 1. The van der Waals surface area contributed by atoms with Gasteiger partial charge in [0.15, 0.2) is 0 Å². The Labute approximate surface area is 129 Å². The number of para-hydroxylation sites is 1. The largest absolute Gasteiger partial charge is 0.487 e. The van der Waals surface area contributed by atoms with Gasteiger partial charge in [0.2, 0.25) is 0 Å². The molecule has 0 aliphatic carbocycles. The third kappa shape index (κ3) is 4.21. The molecule has 2 rings (SSSR count). The minimum absolute atomic E-state index is 0.0642. The average molecular weight is 290 g/mol. The highest BCUT2D eigenvalue weighted by molar-refractivity contribution is 5.45. The highest BCUT2D eigenvalue weighted by Crippen LogP contribution is 2.37. The van der Waals surface area contributed by atoms with Crippen LogP contribution in [0.4, 0.5) is 0 Å². The van der Waals surface area contributed by atoms with E-state index in [0.29, 0.717) is 6.04 Å². The maximum absolute atomic E-state index is 6.13. The lowest BCUT2D eigenvalue weighted by molar-refractivity contribution is 0.137. The molecule has 0 saturated heterocycles. The van der Waals surface area contributed by atoms with Crippen molar-refractivity contribution in [2.75, 3.05) is 19.6 Å². The molecule has 0 bridgehead atoms. The minimum Gasteiger partial charge on any atom is -0.487 e. The fourth-order valence-electron chi connectivity index (χ4n) is 3.04. The lowest BCUT2D eigenvalue weighted by atomic mass is 10.0. The van der Waals surface area contributed by atoms with Crippen molar-refractivity contribution < 1.29 is 4.74 Å². The van der Waals surface area contributed by atoms with Gasteiger partial charge in [0, 0.05) is 31.1 Å². The fourth-order valence-corrected chi connectivity index (χ4v) is 3.04. The molecule has 1 atom stereocenters. The van der Waals surface area contributed by atoms with Gasteiger partial charge in [-0.05, 0) is 39.4 Å². The fraction of sp³-hybridized carbons (Fsp3) is 0.667. The Morgan fingerprint density at radius 1 is 1.29 bits per heavy atom. The van der Waals surface area contributed by atoms with Crippen LogP contribution in [0.2, 0.25) is 0 Å². The Balaban J connectivity index is 1.95. The summed E-state index contributed by atoms with van der Waals surface area (Å²) in [7, 11) is 0. The Morgan fingerprint density at radius 3 is 2.67 bits per heavy atom. The van der Waals surface area contributed by atoms with Crippen molar-refractivity contribution >= 4 is 0 Å². The van der Waals surface area contributed by atoms with E-state index >= 15 is 0 Å². The second-order valence-corrected chi connectivity index (χ2v) is 6.71. The molecule has 1 N–H and O–H groups in total. The van der Waals surface area contributed by atoms with Crippen molar-refractivity contribution in [2.45, 2.75) is 59.2 Å². The van der Waals surface area contributed by atoms with Crippen LogP contribution in [-0.4, -0.2) is 36.2 Å². The zero-order chi connectivity index (χ0) is 15.5. The van der Waals surface area contributed by atoms with E-state index in [4.69, 9.17) is 4.74 Å². The van der Waals surface area contributed by atoms with Gasteiger partial charge >= 0.3 is 0 Å². The predicted molar refractivity (Wildman–Crippen MR) is 88.9 cm³/mol. The van der Waals surface area contributed by atoms with E-state index in [1.165, 1.54) is 11.1 Å². The number of rotatable bonds is 7. The van der Waals surface area contributed by atoms with Gasteiger partial charge in [-0.25, -0.2) is 0 Å². The molecule has 0 radical (unpaired) electrons. The Bertz CT molecular complexity index is 466. The molecule has 1 unspecified atom stereocenters. The topological polar surface area (TPSA) is 24.5 Å². The molecule has 3 nitrogen and oxygen atoms in total. The summed E-state index contributed by atoms with van der Waals surface area (Å²) in [4.78, 5) is 2.45. The van der Waals surface area contributed by atoms with Crippen molar-refractivity contribution in [3.63, 3.8) is 0 Å². The van der Waals surface area contributed by atoms with E-state index < -0.39 is 0 Å². The highest BCUT2D eigenvalue weighted by Gasteiger charge is 2.31. The first kappa shape index (κ1) is 16.3. The molecule has 21 heavy (non-hydrogen) atoms. The monoisotopic (exact) mass is 290 g/mol. The Kier molecular flexibility index (Phi) is 5.28. The van der Waals surface area contributed by atoms with Gasteiger partial charge in [0.05, 0.1) is 0 Å². The van der Waals surface area contributed by atoms with Gasteiger partial charge in [-0.15, -0.1) is 0 Å². The molecular weight excluding hydrogens is 260 g/mol. The number of fused-ring (bicyclic) bond motifs is 1. The second-order valence-electron chi connectivity index (χ2n) is 6.71. The molecule has 1 aromatic carbocycles. The van der Waals surface area contributed by atoms with Crippen LogP contribution >= 0.6 is 0 Å². The van der Waals surface area contributed by atoms with Crippen LogP contribution in [0.5, 0.6) is 5.75 Å². The summed E-state index contributed by atoms with van der Waals surface area (Å²) in [5.41, 5.74) is 2.56. The lowest BCUT2D eigenvalue weighted by Crippen LogP contribution is -2.38. The highest BCUT2D eigenvalue weighted by atomic mass is 16.5. The summed E-state index contributed by atoms with van der Waals surface area (Å²) < 4.78 is 6.13. The first-order chi connectivity index (χ1) is 9.95. The number of hydrogen-bond donors (Lipinski definition) is 1. The van der Waals surface area contributed by atoms with E-state index in [9.17, 15) is 0 Å². The van der Waals surface area contributed by atoms with Crippen LogP contribution in [0.1, 0.15) is 45.7 Å². The van der Waals surface area contributed by atoms with Gasteiger partial charge in [-0.1, -0.05) is 32.0 Å². The molecule has 1 aliphatic heterocycles. The molecule has 0 saturated carbocycles. The molecule has 1 heterocycles. The van der Waals surface area contributed by atoms with Gasteiger partial charge in [0.1, 0.15) is 11.4 Å². The summed E-state index contributed by atoms with van der Waals surface area (Å²) in [5.74, 6) is 1.10. The van der Waals surface area contributed by atoms with Crippen LogP contribution in [0.25, 0.3) is 0 Å². The van der Waals surface area contributed by atoms with E-state index in [1.54, 1.807) is 0 Å². The summed E-state index contributed by atoms with van der Waals surface area (Å²) in [6.07, 6.45) is 1.01. The van der Waals surface area contributed by atoms with Gasteiger partial charge in [-0.2, -0.15) is 0 Å². The van der Waals surface area contributed by atoms with Crippen LogP contribution in [0.15, 0.2) is 18.2 Å². The zero-order valence-corrected chi connectivity index (χ0v) is 14.2. The standard InChI is InChI=1S/C18H30N2O/c1-6-20(7-2)13-14(3)19-12-16-10-8-9-15-11-18(4,5)21-17(15)16/h8-10,14,19H,6-7,11-13H2,1-5H3. The van der Waals surface area contributed by atoms with Crippen LogP contribution in [-0.2, 0) is 13.0 Å². The van der Waals surface area contributed by atoms with Crippen molar-refractivity contribution in [1.29, 1.82) is 0 Å². The number of nitrogens with zero attached hydrogens (tertiary/aromatic N) is 1. The van der Waals surface area contributed by atoms with Gasteiger partial charge in [0.25, 0.3) is 0 Å². The quantitative estimate of drug-likeness (QED) is 0.834. The van der Waals surface area contributed by atoms with Gasteiger partial charge < -0.3 is 15.0 Å². The minimum atomic E-state index is -0.0642. The summed E-state index contributed by atoms with van der Waals surface area (Å²) in [5, 5.41) is 3.63. The molecule has 0 spiro atoms. The third-order valence-corrected chi connectivity index (χ3v) is 4.24. The molecular formula is C18H30N2O. The maximum atomic E-state index is 6.13. The first-order valence-corrected chi connectivity index (χ1v) is 8.20. The van der Waals surface area contributed by atoms with Gasteiger partial charge in [-0.3, -0.25) is 0 Å². The van der Waals surface area contributed by atoms with Crippen LogP contribution in [0.3, 0.4) is 0 Å². The van der Waals surface area contributed by atoms with E-state index in [-0.39, 0.29) is 5.60 Å². The Hall–Kier alpha value is -1.06. The van der Waals surface area contributed by atoms with Crippen molar-refractivity contribution in [1.82, 2.24) is 10.2 Å². The SMILES string of the molecule is CCN(CC)CC(C)NCc1cccc2c1OC(C)(C)C2. The summed E-state index contributed by atoms with van der Waals surface area (Å²) >= 11 is 0. The number of nitrogens with one attached hydrogen (secondary N) is 1. The van der Waals surface area contributed by atoms with Crippen molar-refractivity contribution in [3.8, 4) is 5.75 Å². The molecule has 0 aromatic heterocycles. The summed E-state index contributed by atoms with van der Waals surface area (Å²) in [6, 6.07) is 7.00. The molecule has 0 fully saturated rings. The number of likely N-dealkylation sites (N-methyl/N-ethyl adjacent to an activating group) is 1. The average Bonchev–Trinajstić information content (AvgIpc) is 2.76. The second kappa shape index (κ2) is 6.80. The number of benzene rings is 1. The normalized spacial score (nSPS) is 17.6. The van der Waals surface area contributed by atoms with Crippen LogP contribution < -0.4 is 10.1 Å². The molecule has 1 aromatic rings. The van der Waals surface area contributed by atoms with E-state index in [0.717, 1.165) is 38.3 Å². The zero-order valence-electron chi connectivity index (χ0n) is 14.2. The smallest absolute Gasteiger partial charge is 0.127 e. The molecule has 0 amide bonds. The van der Waals surface area contributed by atoms with Crippen molar-refractivity contribution in [3.05, 3.63) is 29.3 Å². The van der Waals surface area contributed by atoms with Crippen LogP contribution in [0, 0.1) is 0 Å². The predicted octanol–water partition coefficient (Wildman–Crippen LogP) is 3.22. The third-order valence-electron chi connectivity index (χ3n) is 4.24. The molecule has 118 valence electrons. The molecule has 1 aliphatic rings. The first-order valence-electron chi connectivity index (χ1n) is 8.20.